The van der Waals surface area contributed by atoms with Crippen LogP contribution in [0.1, 0.15) is 18.1 Å². The summed E-state index contributed by atoms with van der Waals surface area (Å²) in [6.07, 6.45) is 0. The molecule has 0 atom stereocenters. The minimum Gasteiger partial charge on any atom is -0.273 e. The first-order valence-corrected chi connectivity index (χ1v) is 6.21. The Hall–Kier alpha value is -2.82. The highest BCUT2D eigenvalue weighted by Gasteiger charge is 2.23. The SMILES string of the molecule is CC(=O)N/N=N/N=C1c2ccccc2-c2ccccc21. The van der Waals surface area contributed by atoms with Gasteiger partial charge in [0.15, 0.2) is 0 Å². The molecule has 1 amide bonds. The van der Waals surface area contributed by atoms with E-state index in [1.54, 1.807) is 0 Å². The number of benzene rings is 2. The quantitative estimate of drug-likeness (QED) is 0.561. The molecule has 98 valence electrons. The standard InChI is InChI=1S/C15H12N4O/c1-10(20)16-18-19-17-15-13-8-4-2-6-11(13)12-7-3-5-9-14(12)15/h2-9H,1H3,(H,16,19,20). The molecule has 0 aliphatic heterocycles. The normalized spacial score (nSPS) is 12.2. The molecule has 0 saturated heterocycles. The first-order valence-electron chi connectivity index (χ1n) is 6.21. The summed E-state index contributed by atoms with van der Waals surface area (Å²) in [5, 5.41) is 11.3. The van der Waals surface area contributed by atoms with Crippen LogP contribution in [0.4, 0.5) is 0 Å². The van der Waals surface area contributed by atoms with E-state index >= 15 is 0 Å². The fraction of sp³-hybridized carbons (Fsp3) is 0.0667. The van der Waals surface area contributed by atoms with Crippen LogP contribution in [0.2, 0.25) is 0 Å². The number of rotatable bonds is 2. The van der Waals surface area contributed by atoms with Gasteiger partial charge in [-0.2, -0.15) is 0 Å². The Morgan fingerprint density at radius 2 is 1.40 bits per heavy atom. The highest BCUT2D eigenvalue weighted by atomic mass is 16.2. The molecule has 1 N–H and O–H groups in total. The number of carbonyl (C=O) groups excluding carboxylic acids is 1. The van der Waals surface area contributed by atoms with E-state index in [1.165, 1.54) is 6.92 Å². The summed E-state index contributed by atoms with van der Waals surface area (Å²) < 4.78 is 0. The molecule has 5 nitrogen and oxygen atoms in total. The molecule has 0 spiro atoms. The van der Waals surface area contributed by atoms with Gasteiger partial charge in [-0.3, -0.25) is 4.79 Å². The molecule has 2 aromatic rings. The molecule has 20 heavy (non-hydrogen) atoms. The molecule has 0 saturated carbocycles. The topological polar surface area (TPSA) is 66.2 Å². The van der Waals surface area contributed by atoms with Gasteiger partial charge < -0.3 is 0 Å². The highest BCUT2D eigenvalue weighted by molar-refractivity contribution is 6.24. The van der Waals surface area contributed by atoms with Crippen LogP contribution >= 0.6 is 0 Å². The zero-order valence-electron chi connectivity index (χ0n) is 10.9. The van der Waals surface area contributed by atoms with Crippen molar-refractivity contribution in [1.29, 1.82) is 0 Å². The largest absolute Gasteiger partial charge is 0.273 e. The summed E-state index contributed by atoms with van der Waals surface area (Å²) in [4.78, 5) is 10.7. The second kappa shape index (κ2) is 5.05. The van der Waals surface area contributed by atoms with E-state index in [1.807, 2.05) is 36.4 Å². The fourth-order valence-electron chi connectivity index (χ4n) is 2.26. The van der Waals surface area contributed by atoms with Crippen LogP contribution in [-0.2, 0) is 4.79 Å². The van der Waals surface area contributed by atoms with E-state index in [0.717, 1.165) is 28.0 Å². The summed E-state index contributed by atoms with van der Waals surface area (Å²) in [6.45, 7) is 1.37. The van der Waals surface area contributed by atoms with Crippen molar-refractivity contribution in [3.8, 4) is 11.1 Å². The van der Waals surface area contributed by atoms with E-state index in [9.17, 15) is 4.79 Å². The van der Waals surface area contributed by atoms with Crippen LogP contribution in [0, 0.1) is 0 Å². The van der Waals surface area contributed by atoms with Crippen molar-refractivity contribution in [2.24, 2.45) is 15.5 Å². The van der Waals surface area contributed by atoms with Gasteiger partial charge in [0.25, 0.3) is 0 Å². The third kappa shape index (κ3) is 2.09. The van der Waals surface area contributed by atoms with Crippen LogP contribution in [-0.4, -0.2) is 11.6 Å². The van der Waals surface area contributed by atoms with E-state index in [0.29, 0.717) is 0 Å². The number of fused-ring (bicyclic) bond motifs is 3. The Morgan fingerprint density at radius 1 is 0.900 bits per heavy atom. The number of nitrogens with zero attached hydrogens (tertiary/aromatic N) is 3. The molecular formula is C15H12N4O. The second-order valence-electron chi connectivity index (χ2n) is 4.40. The Kier molecular flexibility index (Phi) is 3.09. The van der Waals surface area contributed by atoms with Crippen molar-refractivity contribution in [1.82, 2.24) is 5.43 Å². The van der Waals surface area contributed by atoms with Gasteiger partial charge in [0.1, 0.15) is 5.71 Å². The molecule has 0 fully saturated rings. The summed E-state index contributed by atoms with van der Waals surface area (Å²) in [5.74, 6) is -0.277. The van der Waals surface area contributed by atoms with Crippen molar-refractivity contribution in [3.05, 3.63) is 59.7 Å². The van der Waals surface area contributed by atoms with E-state index < -0.39 is 0 Å². The maximum Gasteiger partial charge on any atom is 0.238 e. The number of hydrogen-bond donors (Lipinski definition) is 1. The number of nitrogens with one attached hydrogen (secondary N) is 1. The molecule has 1 aliphatic rings. The zero-order chi connectivity index (χ0) is 13.9. The van der Waals surface area contributed by atoms with Gasteiger partial charge in [0.2, 0.25) is 5.91 Å². The molecule has 1 aliphatic carbocycles. The van der Waals surface area contributed by atoms with Gasteiger partial charge in [-0.25, -0.2) is 5.43 Å². The van der Waals surface area contributed by atoms with Crippen molar-refractivity contribution in [3.63, 3.8) is 0 Å². The van der Waals surface area contributed by atoms with Crippen LogP contribution in [0.3, 0.4) is 0 Å². The highest BCUT2D eigenvalue weighted by Crippen LogP contribution is 2.36. The number of hydrogen-bond acceptors (Lipinski definition) is 3. The fourth-order valence-corrected chi connectivity index (χ4v) is 2.26. The maximum atomic E-state index is 10.7. The van der Waals surface area contributed by atoms with Crippen molar-refractivity contribution >= 4 is 11.6 Å². The Balaban J connectivity index is 2.05. The van der Waals surface area contributed by atoms with Gasteiger partial charge in [-0.05, 0) is 21.6 Å². The smallest absolute Gasteiger partial charge is 0.238 e. The van der Waals surface area contributed by atoms with E-state index in [4.69, 9.17) is 0 Å². The monoisotopic (exact) mass is 264 g/mol. The Morgan fingerprint density at radius 3 is 1.90 bits per heavy atom. The minimum atomic E-state index is -0.277. The van der Waals surface area contributed by atoms with Crippen LogP contribution in [0.15, 0.2) is 64.1 Å². The summed E-state index contributed by atoms with van der Waals surface area (Å²) in [5.41, 5.74) is 7.32. The lowest BCUT2D eigenvalue weighted by atomic mass is 10.1. The van der Waals surface area contributed by atoms with E-state index in [2.05, 4.69) is 33.1 Å². The summed E-state index contributed by atoms with van der Waals surface area (Å²) >= 11 is 0. The predicted octanol–water partition coefficient (Wildman–Crippen LogP) is 2.92. The maximum absolute atomic E-state index is 10.7. The predicted molar refractivity (Wildman–Crippen MR) is 76.2 cm³/mol. The molecule has 0 heterocycles. The molecule has 0 aromatic heterocycles. The Labute approximate surface area is 116 Å². The molecule has 2 aromatic carbocycles. The van der Waals surface area contributed by atoms with Gasteiger partial charge in [-0.15, -0.1) is 5.10 Å². The minimum absolute atomic E-state index is 0.277. The second-order valence-corrected chi connectivity index (χ2v) is 4.40. The Bertz CT molecular complexity index is 687. The third-order valence-corrected chi connectivity index (χ3v) is 3.05. The molecule has 3 rings (SSSR count). The summed E-state index contributed by atoms with van der Waals surface area (Å²) in [7, 11) is 0. The molecular weight excluding hydrogens is 252 g/mol. The van der Waals surface area contributed by atoms with Crippen molar-refractivity contribution < 1.29 is 4.79 Å². The van der Waals surface area contributed by atoms with Crippen LogP contribution in [0.25, 0.3) is 11.1 Å². The van der Waals surface area contributed by atoms with Crippen LogP contribution in [0.5, 0.6) is 0 Å². The van der Waals surface area contributed by atoms with Crippen molar-refractivity contribution in [2.45, 2.75) is 6.92 Å². The first-order chi connectivity index (χ1) is 9.77. The van der Waals surface area contributed by atoms with E-state index in [-0.39, 0.29) is 5.91 Å². The lowest BCUT2D eigenvalue weighted by Gasteiger charge is -1.97. The third-order valence-electron chi connectivity index (χ3n) is 3.05. The summed E-state index contributed by atoms with van der Waals surface area (Å²) in [6, 6.07) is 16.0. The van der Waals surface area contributed by atoms with Gasteiger partial charge in [-0.1, -0.05) is 48.5 Å². The average Bonchev–Trinajstić information content (AvgIpc) is 2.78. The van der Waals surface area contributed by atoms with Crippen LogP contribution < -0.4 is 5.43 Å². The molecule has 5 heteroatoms. The average molecular weight is 264 g/mol. The number of amides is 1. The molecule has 0 unspecified atom stereocenters. The van der Waals surface area contributed by atoms with Gasteiger partial charge >= 0.3 is 0 Å². The number of carbonyl (C=O) groups is 1. The lowest BCUT2D eigenvalue weighted by molar-refractivity contribution is -0.119. The van der Waals surface area contributed by atoms with Crippen molar-refractivity contribution in [2.75, 3.05) is 0 Å². The van der Waals surface area contributed by atoms with Gasteiger partial charge in [0, 0.05) is 18.1 Å². The first kappa shape index (κ1) is 12.2. The lowest BCUT2D eigenvalue weighted by Crippen LogP contribution is -2.10. The van der Waals surface area contributed by atoms with Gasteiger partial charge in [0.05, 0.1) is 0 Å². The zero-order valence-corrected chi connectivity index (χ0v) is 10.9. The molecule has 0 bridgehead atoms. The molecule has 0 radical (unpaired) electrons.